The zero-order valence-electron chi connectivity index (χ0n) is 12.5. The number of allylic oxidation sites excluding steroid dienone is 1. The average molecular weight is 312 g/mol. The maximum absolute atomic E-state index is 12.5. The zero-order chi connectivity index (χ0) is 15.3. The van der Waals surface area contributed by atoms with E-state index in [4.69, 9.17) is 18.5 Å². The van der Waals surface area contributed by atoms with Gasteiger partial charge >= 0.3 is 7.60 Å². The van der Waals surface area contributed by atoms with Crippen LogP contribution in [0.15, 0.2) is 41.9 Å². The Morgan fingerprint density at radius 2 is 1.90 bits per heavy atom. The van der Waals surface area contributed by atoms with Gasteiger partial charge in [-0.15, -0.1) is 0 Å². The molecule has 1 heterocycles. The molecule has 0 spiro atoms. The fraction of sp³-hybridized carbons (Fsp3) is 0.467. The van der Waals surface area contributed by atoms with Gasteiger partial charge in [0.25, 0.3) is 0 Å². The van der Waals surface area contributed by atoms with E-state index in [1.54, 1.807) is 6.08 Å². The molecule has 21 heavy (non-hydrogen) atoms. The van der Waals surface area contributed by atoms with E-state index in [0.717, 1.165) is 5.56 Å². The van der Waals surface area contributed by atoms with Gasteiger partial charge in [0.2, 0.25) is 11.8 Å². The highest BCUT2D eigenvalue weighted by Gasteiger charge is 2.37. The molecule has 0 aliphatic carbocycles. The van der Waals surface area contributed by atoms with Crippen LogP contribution in [0.4, 0.5) is 0 Å². The molecule has 0 bridgehead atoms. The Balaban J connectivity index is 2.34. The summed E-state index contributed by atoms with van der Waals surface area (Å²) in [5.41, 5.74) is 1.33. The highest BCUT2D eigenvalue weighted by atomic mass is 31.2. The summed E-state index contributed by atoms with van der Waals surface area (Å²) >= 11 is 0. The summed E-state index contributed by atoms with van der Waals surface area (Å²) in [5.74, 6) is 0.0464. The summed E-state index contributed by atoms with van der Waals surface area (Å²) in [6, 6.07) is 9.96. The van der Waals surface area contributed by atoms with Gasteiger partial charge < -0.3 is 18.5 Å². The van der Waals surface area contributed by atoms with Gasteiger partial charge in [-0.05, 0) is 18.6 Å². The molecule has 0 unspecified atom stereocenters. The van der Waals surface area contributed by atoms with Crippen LogP contribution in [0.3, 0.4) is 0 Å². The van der Waals surface area contributed by atoms with E-state index in [9.17, 15) is 4.57 Å². The number of hydrogen-bond donors (Lipinski definition) is 0. The van der Waals surface area contributed by atoms with Crippen molar-refractivity contribution in [2.45, 2.75) is 25.6 Å². The van der Waals surface area contributed by atoms with Gasteiger partial charge in [-0.2, -0.15) is 0 Å². The highest BCUT2D eigenvalue weighted by Crippen LogP contribution is 2.57. The Kier molecular flexibility index (Phi) is 5.59. The van der Waals surface area contributed by atoms with Gasteiger partial charge in [0.15, 0.2) is 0 Å². The maximum atomic E-state index is 12.5. The fourth-order valence-electron chi connectivity index (χ4n) is 2.30. The van der Waals surface area contributed by atoms with E-state index in [-0.39, 0.29) is 11.4 Å². The van der Waals surface area contributed by atoms with Crippen molar-refractivity contribution in [3.8, 4) is 0 Å². The van der Waals surface area contributed by atoms with E-state index in [1.807, 2.05) is 37.3 Å². The molecule has 0 N–H and O–H groups in total. The minimum Gasteiger partial charge on any atom is -0.457 e. The predicted octanol–water partition coefficient (Wildman–Crippen LogP) is 3.88. The molecule has 6 heteroatoms. The van der Waals surface area contributed by atoms with Crippen molar-refractivity contribution in [2.24, 2.45) is 0 Å². The molecule has 1 aliphatic rings. The van der Waals surface area contributed by atoms with Crippen LogP contribution in [0.1, 0.15) is 24.8 Å². The van der Waals surface area contributed by atoms with Crippen molar-refractivity contribution in [3.05, 3.63) is 47.5 Å². The average Bonchev–Trinajstić information content (AvgIpc) is 2.55. The smallest absolute Gasteiger partial charge is 0.394 e. The lowest BCUT2D eigenvalue weighted by molar-refractivity contribution is -0.120. The van der Waals surface area contributed by atoms with Crippen molar-refractivity contribution in [2.75, 3.05) is 20.8 Å². The van der Waals surface area contributed by atoms with Gasteiger partial charge in [-0.1, -0.05) is 30.3 Å². The molecule has 2 atom stereocenters. The molecule has 1 aromatic rings. The van der Waals surface area contributed by atoms with Gasteiger partial charge in [-0.25, -0.2) is 0 Å². The molecule has 1 aromatic carbocycles. The molecule has 5 nitrogen and oxygen atoms in total. The quantitative estimate of drug-likeness (QED) is 0.746. The Bertz CT molecular complexity index is 520. The van der Waals surface area contributed by atoms with E-state index >= 15 is 0 Å². The van der Waals surface area contributed by atoms with Gasteiger partial charge in [0, 0.05) is 33.2 Å². The Hall–Kier alpha value is -1.13. The Labute approximate surface area is 125 Å². The maximum Gasteiger partial charge on any atom is 0.394 e. The van der Waals surface area contributed by atoms with E-state index < -0.39 is 13.9 Å². The first-order chi connectivity index (χ1) is 10.1. The first kappa shape index (κ1) is 16.2. The molecule has 0 saturated heterocycles. The third-order valence-corrected chi connectivity index (χ3v) is 5.13. The first-order valence-electron chi connectivity index (χ1n) is 6.90. The normalized spacial score (nSPS) is 22.5. The van der Waals surface area contributed by atoms with Crippen LogP contribution in [-0.4, -0.2) is 27.1 Å². The summed E-state index contributed by atoms with van der Waals surface area (Å²) in [7, 11) is -0.729. The van der Waals surface area contributed by atoms with Crippen molar-refractivity contribution < 1.29 is 23.1 Å². The van der Waals surface area contributed by atoms with Crippen LogP contribution >= 0.6 is 7.60 Å². The molecule has 0 amide bonds. The molecule has 0 aromatic heterocycles. The van der Waals surface area contributed by atoms with Crippen LogP contribution in [0.2, 0.25) is 0 Å². The number of rotatable bonds is 6. The van der Waals surface area contributed by atoms with Crippen molar-refractivity contribution in [1.82, 2.24) is 0 Å². The SMILES string of the molecule is CCO[C@H]1C[C@@H](c2ccccc2)C=C(P(=O)(OC)OC)O1. The lowest BCUT2D eigenvalue weighted by atomic mass is 9.94. The van der Waals surface area contributed by atoms with Crippen molar-refractivity contribution in [1.29, 1.82) is 0 Å². The zero-order valence-corrected chi connectivity index (χ0v) is 13.4. The third kappa shape index (κ3) is 3.74. The molecule has 1 aliphatic heterocycles. The van der Waals surface area contributed by atoms with Gasteiger partial charge in [0.05, 0.1) is 0 Å². The summed E-state index contributed by atoms with van der Waals surface area (Å²) in [4.78, 5) is 0. The minimum atomic E-state index is -3.42. The minimum absolute atomic E-state index is 0.0464. The summed E-state index contributed by atoms with van der Waals surface area (Å²) in [6.07, 6.45) is 2.01. The topological polar surface area (TPSA) is 54.0 Å². The molecule has 0 fully saturated rings. The molecule has 116 valence electrons. The number of hydrogen-bond acceptors (Lipinski definition) is 5. The summed E-state index contributed by atoms with van der Waals surface area (Å²) < 4.78 is 33.8. The molecule has 0 saturated carbocycles. The Morgan fingerprint density at radius 1 is 1.24 bits per heavy atom. The Morgan fingerprint density at radius 3 is 2.48 bits per heavy atom. The van der Waals surface area contributed by atoms with Gasteiger partial charge in [0.1, 0.15) is 0 Å². The highest BCUT2D eigenvalue weighted by molar-refractivity contribution is 7.58. The van der Waals surface area contributed by atoms with Crippen LogP contribution in [0.5, 0.6) is 0 Å². The number of ether oxygens (including phenoxy) is 2. The third-order valence-electron chi connectivity index (χ3n) is 3.37. The predicted molar refractivity (Wildman–Crippen MR) is 80.0 cm³/mol. The van der Waals surface area contributed by atoms with Crippen LogP contribution in [-0.2, 0) is 23.1 Å². The number of benzene rings is 1. The van der Waals surface area contributed by atoms with Crippen molar-refractivity contribution in [3.63, 3.8) is 0 Å². The van der Waals surface area contributed by atoms with Crippen LogP contribution in [0.25, 0.3) is 0 Å². The molecule has 0 radical (unpaired) electrons. The lowest BCUT2D eigenvalue weighted by Crippen LogP contribution is -2.24. The monoisotopic (exact) mass is 312 g/mol. The van der Waals surface area contributed by atoms with Crippen LogP contribution < -0.4 is 0 Å². The standard InChI is InChI=1S/C15H21O5P/c1-4-19-14-10-13(12-8-6-5-7-9-12)11-15(20-14)21(16,17-2)18-3/h5-9,11,13-14H,4,10H2,1-3H3/t13-,14-/m1/s1. The first-order valence-corrected chi connectivity index (χ1v) is 8.44. The molecular weight excluding hydrogens is 291 g/mol. The van der Waals surface area contributed by atoms with Gasteiger partial charge in [-0.3, -0.25) is 4.57 Å². The van der Waals surface area contributed by atoms with E-state index in [1.165, 1.54) is 14.2 Å². The van der Waals surface area contributed by atoms with E-state index in [2.05, 4.69) is 0 Å². The fourth-order valence-corrected chi connectivity index (χ4v) is 3.42. The molecule has 2 rings (SSSR count). The largest absolute Gasteiger partial charge is 0.457 e. The summed E-state index contributed by atoms with van der Waals surface area (Å²) in [6.45, 7) is 2.41. The second-order valence-corrected chi connectivity index (χ2v) is 6.79. The summed E-state index contributed by atoms with van der Waals surface area (Å²) in [5, 5.41) is 0. The lowest BCUT2D eigenvalue weighted by Gasteiger charge is -2.31. The van der Waals surface area contributed by atoms with E-state index in [0.29, 0.717) is 13.0 Å². The van der Waals surface area contributed by atoms with Crippen molar-refractivity contribution >= 4 is 7.60 Å². The van der Waals surface area contributed by atoms with Crippen LogP contribution in [0, 0.1) is 0 Å². The second kappa shape index (κ2) is 7.23. The second-order valence-electron chi connectivity index (χ2n) is 4.62. The molecular formula is C15H21O5P.